The normalized spacial score (nSPS) is 13.1. The van der Waals surface area contributed by atoms with E-state index in [4.69, 9.17) is 0 Å². The number of rotatable bonds is 6. The van der Waals surface area contributed by atoms with E-state index in [9.17, 15) is 19.1 Å². The highest BCUT2D eigenvalue weighted by atomic mass is 19.1. The second-order valence-corrected chi connectivity index (χ2v) is 9.33. The number of nitrogens with zero attached hydrogens (tertiary/aromatic N) is 2. The quantitative estimate of drug-likeness (QED) is 0.285. The summed E-state index contributed by atoms with van der Waals surface area (Å²) in [6, 6.07) is 19.4. The second-order valence-electron chi connectivity index (χ2n) is 9.33. The highest BCUT2D eigenvalue weighted by Crippen LogP contribution is 2.39. The summed E-state index contributed by atoms with van der Waals surface area (Å²) < 4.78 is 14.8. The Hall–Kier alpha value is -4.46. The van der Waals surface area contributed by atoms with E-state index in [1.165, 1.54) is 22.9 Å². The average molecular weight is 499 g/mol. The van der Waals surface area contributed by atoms with Crippen molar-refractivity contribution in [3.8, 4) is 17.0 Å². The topological polar surface area (TPSA) is 96.2 Å². The summed E-state index contributed by atoms with van der Waals surface area (Å²) in [5.41, 5.74) is 4.29. The molecule has 7 nitrogen and oxygen atoms in total. The molecule has 4 aromatic rings. The molecule has 1 fully saturated rings. The maximum atomic E-state index is 13.5. The van der Waals surface area contributed by atoms with E-state index in [2.05, 4.69) is 15.7 Å². The fraction of sp³-hybridized carbons (Fsp3) is 0.207. The number of benzene rings is 3. The average Bonchev–Trinajstić information content (AvgIpc) is 3.27. The first-order valence-corrected chi connectivity index (χ1v) is 12.2. The van der Waals surface area contributed by atoms with Crippen LogP contribution in [0.15, 0.2) is 72.8 Å². The summed E-state index contributed by atoms with van der Waals surface area (Å²) in [6.07, 6.45) is 2.96. The van der Waals surface area contributed by atoms with Gasteiger partial charge >= 0.3 is 6.03 Å². The predicted molar refractivity (Wildman–Crippen MR) is 139 cm³/mol. The SMILES string of the molecule is Cc1ccc(C(=O)Nc2ccc(O)c(-c3cc(C4CCC4)n(C(=O)NCc4cccc(F)c4)n3)c2)cc1. The van der Waals surface area contributed by atoms with Crippen molar-refractivity contribution in [1.29, 1.82) is 0 Å². The van der Waals surface area contributed by atoms with Crippen molar-refractivity contribution in [2.75, 3.05) is 5.32 Å². The number of aromatic nitrogens is 2. The maximum Gasteiger partial charge on any atom is 0.342 e. The van der Waals surface area contributed by atoms with Gasteiger partial charge in [0.15, 0.2) is 0 Å². The molecule has 0 radical (unpaired) electrons. The third kappa shape index (κ3) is 5.38. The number of amides is 2. The van der Waals surface area contributed by atoms with Gasteiger partial charge in [-0.3, -0.25) is 4.79 Å². The molecule has 37 heavy (non-hydrogen) atoms. The molecule has 0 spiro atoms. The summed E-state index contributed by atoms with van der Waals surface area (Å²) in [5, 5.41) is 20.8. The Bertz CT molecular complexity index is 1460. The molecular weight excluding hydrogens is 471 g/mol. The number of carbonyl (C=O) groups is 2. The number of anilines is 1. The Morgan fingerprint density at radius 1 is 1.05 bits per heavy atom. The Kier molecular flexibility index (Phi) is 6.72. The smallest absolute Gasteiger partial charge is 0.342 e. The molecular formula is C29H27FN4O3. The first-order valence-electron chi connectivity index (χ1n) is 12.2. The Balaban J connectivity index is 1.40. The molecule has 3 N–H and O–H groups in total. The van der Waals surface area contributed by atoms with Crippen molar-refractivity contribution in [2.45, 2.75) is 38.6 Å². The summed E-state index contributed by atoms with van der Waals surface area (Å²) in [7, 11) is 0. The van der Waals surface area contributed by atoms with Crippen LogP contribution in [0, 0.1) is 12.7 Å². The van der Waals surface area contributed by atoms with E-state index in [1.807, 2.05) is 25.1 Å². The van der Waals surface area contributed by atoms with Crippen LogP contribution >= 0.6 is 0 Å². The van der Waals surface area contributed by atoms with Crippen LogP contribution in [0.5, 0.6) is 5.75 Å². The van der Waals surface area contributed by atoms with Gasteiger partial charge in [-0.25, -0.2) is 9.18 Å². The molecule has 1 aliphatic carbocycles. The minimum atomic E-state index is -0.430. The van der Waals surface area contributed by atoms with Gasteiger partial charge in [-0.1, -0.05) is 36.2 Å². The Morgan fingerprint density at radius 2 is 1.84 bits per heavy atom. The van der Waals surface area contributed by atoms with Gasteiger partial charge in [-0.05, 0) is 73.9 Å². The number of hydrogen-bond acceptors (Lipinski definition) is 4. The number of carbonyl (C=O) groups excluding carboxylic acids is 2. The third-order valence-corrected chi connectivity index (χ3v) is 6.63. The Morgan fingerprint density at radius 3 is 2.54 bits per heavy atom. The molecule has 0 bridgehead atoms. The van der Waals surface area contributed by atoms with Crippen molar-refractivity contribution >= 4 is 17.6 Å². The van der Waals surface area contributed by atoms with E-state index in [0.29, 0.717) is 28.1 Å². The Labute approximate surface area is 214 Å². The number of aromatic hydroxyl groups is 1. The lowest BCUT2D eigenvalue weighted by molar-refractivity contribution is 0.102. The van der Waals surface area contributed by atoms with Crippen LogP contribution in [0.3, 0.4) is 0 Å². The largest absolute Gasteiger partial charge is 0.507 e. The van der Waals surface area contributed by atoms with Crippen LogP contribution in [0.4, 0.5) is 14.9 Å². The maximum absolute atomic E-state index is 13.5. The number of halogens is 1. The van der Waals surface area contributed by atoms with Gasteiger partial charge in [-0.15, -0.1) is 0 Å². The molecule has 3 aromatic carbocycles. The van der Waals surface area contributed by atoms with Gasteiger partial charge in [0.05, 0.1) is 11.4 Å². The van der Waals surface area contributed by atoms with Crippen LogP contribution in [-0.4, -0.2) is 26.8 Å². The van der Waals surface area contributed by atoms with Gasteiger partial charge in [0, 0.05) is 29.3 Å². The molecule has 0 aliphatic heterocycles. The van der Waals surface area contributed by atoms with E-state index >= 15 is 0 Å². The second kappa shape index (κ2) is 10.3. The fourth-order valence-corrected chi connectivity index (χ4v) is 4.31. The number of phenols is 1. The predicted octanol–water partition coefficient (Wildman–Crippen LogP) is 5.98. The molecule has 0 atom stereocenters. The van der Waals surface area contributed by atoms with Gasteiger partial charge < -0.3 is 15.7 Å². The minimum absolute atomic E-state index is 0.0155. The molecule has 1 aromatic heterocycles. The number of nitrogens with one attached hydrogen (secondary N) is 2. The summed E-state index contributed by atoms with van der Waals surface area (Å²) >= 11 is 0. The zero-order valence-electron chi connectivity index (χ0n) is 20.4. The number of aryl methyl sites for hydroxylation is 1. The molecule has 0 unspecified atom stereocenters. The van der Waals surface area contributed by atoms with Crippen LogP contribution < -0.4 is 10.6 Å². The van der Waals surface area contributed by atoms with Gasteiger partial charge in [0.1, 0.15) is 11.6 Å². The summed E-state index contributed by atoms with van der Waals surface area (Å²) in [6.45, 7) is 2.11. The minimum Gasteiger partial charge on any atom is -0.507 e. The summed E-state index contributed by atoms with van der Waals surface area (Å²) in [5.74, 6) is -0.465. The standard InChI is InChI=1S/C29H27FN4O3/c1-18-8-10-21(11-9-18)28(36)32-23-12-13-27(35)24(15-23)25-16-26(20-5-3-6-20)34(33-25)29(37)31-17-19-4-2-7-22(30)14-19/h2,4,7-16,20,35H,3,5-6,17H2,1H3,(H,31,37)(H,32,36). The molecule has 0 saturated heterocycles. The van der Waals surface area contributed by atoms with Gasteiger partial charge in [0.2, 0.25) is 0 Å². The van der Waals surface area contributed by atoms with Crippen LogP contribution in [-0.2, 0) is 6.54 Å². The van der Waals surface area contributed by atoms with Crippen molar-refractivity contribution < 1.29 is 19.1 Å². The van der Waals surface area contributed by atoms with Crippen molar-refractivity contribution in [3.63, 3.8) is 0 Å². The fourth-order valence-electron chi connectivity index (χ4n) is 4.31. The molecule has 2 amide bonds. The molecule has 188 valence electrons. The van der Waals surface area contributed by atoms with E-state index in [1.54, 1.807) is 36.4 Å². The molecule has 1 saturated carbocycles. The first kappa shape index (κ1) is 24.2. The highest BCUT2D eigenvalue weighted by Gasteiger charge is 2.27. The zero-order valence-corrected chi connectivity index (χ0v) is 20.4. The third-order valence-electron chi connectivity index (χ3n) is 6.63. The monoisotopic (exact) mass is 498 g/mol. The highest BCUT2D eigenvalue weighted by molar-refractivity contribution is 6.04. The lowest BCUT2D eigenvalue weighted by atomic mass is 9.82. The van der Waals surface area contributed by atoms with E-state index < -0.39 is 6.03 Å². The molecule has 1 aliphatic rings. The number of phenolic OH excluding ortho intramolecular Hbond substituents is 1. The first-order chi connectivity index (χ1) is 17.9. The van der Waals surface area contributed by atoms with E-state index in [0.717, 1.165) is 30.5 Å². The lowest BCUT2D eigenvalue weighted by Gasteiger charge is -2.25. The lowest BCUT2D eigenvalue weighted by Crippen LogP contribution is -2.31. The van der Waals surface area contributed by atoms with E-state index in [-0.39, 0.29) is 29.9 Å². The summed E-state index contributed by atoms with van der Waals surface area (Å²) in [4.78, 5) is 25.7. The van der Waals surface area contributed by atoms with Crippen molar-refractivity contribution in [1.82, 2.24) is 15.1 Å². The van der Waals surface area contributed by atoms with Gasteiger partial charge in [0.25, 0.3) is 5.91 Å². The molecule has 5 rings (SSSR count). The van der Waals surface area contributed by atoms with Gasteiger partial charge in [-0.2, -0.15) is 9.78 Å². The molecule has 8 heteroatoms. The number of hydrogen-bond donors (Lipinski definition) is 3. The van der Waals surface area contributed by atoms with Crippen LogP contribution in [0.25, 0.3) is 11.3 Å². The van der Waals surface area contributed by atoms with Crippen LogP contribution in [0.2, 0.25) is 0 Å². The van der Waals surface area contributed by atoms with Crippen molar-refractivity contribution in [3.05, 3.63) is 101 Å². The molecule has 1 heterocycles. The van der Waals surface area contributed by atoms with Crippen molar-refractivity contribution in [2.24, 2.45) is 0 Å². The zero-order chi connectivity index (χ0) is 25.9. The van der Waals surface area contributed by atoms with Crippen LogP contribution in [0.1, 0.15) is 52.4 Å².